The first-order valence-corrected chi connectivity index (χ1v) is 10.1. The number of rotatable bonds is 8. The van der Waals surface area contributed by atoms with Gasteiger partial charge in [-0.3, -0.25) is 9.59 Å². The molecular formula is C24H38O4. The van der Waals surface area contributed by atoms with Crippen molar-refractivity contribution < 1.29 is 19.4 Å². The molecule has 0 aliphatic rings. The lowest BCUT2D eigenvalue weighted by Crippen LogP contribution is -2.50. The zero-order valence-electron chi connectivity index (χ0n) is 18.8. The third kappa shape index (κ3) is 6.65. The predicted octanol–water partition coefficient (Wildman–Crippen LogP) is 5.60. The molecule has 0 aromatic heterocycles. The second-order valence-electron chi connectivity index (χ2n) is 10.6. The van der Waals surface area contributed by atoms with Crippen molar-refractivity contribution in [3.05, 3.63) is 35.9 Å². The van der Waals surface area contributed by atoms with Gasteiger partial charge in [-0.1, -0.05) is 85.7 Å². The highest BCUT2D eigenvalue weighted by Gasteiger charge is 2.53. The monoisotopic (exact) mass is 390 g/mol. The SMILES string of the molecule is CC(C)C(Cc1ccccc1)(C(=O)OCC(C)(C)C)C(CC(C)(C)C)C(=O)O. The maximum atomic E-state index is 13.5. The lowest BCUT2D eigenvalue weighted by molar-refractivity contribution is -0.175. The van der Waals surface area contributed by atoms with Crippen LogP contribution >= 0.6 is 0 Å². The van der Waals surface area contributed by atoms with E-state index in [1.807, 2.05) is 85.7 Å². The van der Waals surface area contributed by atoms with Crippen LogP contribution in [0.5, 0.6) is 0 Å². The van der Waals surface area contributed by atoms with Crippen molar-refractivity contribution in [1.82, 2.24) is 0 Å². The van der Waals surface area contributed by atoms with Gasteiger partial charge < -0.3 is 9.84 Å². The first kappa shape index (κ1) is 24.2. The van der Waals surface area contributed by atoms with Gasteiger partial charge in [0.1, 0.15) is 0 Å². The third-order valence-corrected chi connectivity index (χ3v) is 5.12. The van der Waals surface area contributed by atoms with Gasteiger partial charge in [0.2, 0.25) is 0 Å². The number of ether oxygens (including phenoxy) is 1. The molecule has 0 radical (unpaired) electrons. The average Bonchev–Trinajstić information content (AvgIpc) is 2.54. The Morgan fingerprint density at radius 1 is 0.964 bits per heavy atom. The molecule has 0 aliphatic carbocycles. The van der Waals surface area contributed by atoms with Crippen molar-refractivity contribution in [2.24, 2.45) is 28.1 Å². The summed E-state index contributed by atoms with van der Waals surface area (Å²) >= 11 is 0. The second kappa shape index (κ2) is 9.11. The van der Waals surface area contributed by atoms with Gasteiger partial charge in [-0.2, -0.15) is 0 Å². The molecule has 1 rings (SSSR count). The van der Waals surface area contributed by atoms with E-state index in [4.69, 9.17) is 4.74 Å². The molecule has 1 N–H and O–H groups in total. The van der Waals surface area contributed by atoms with Gasteiger partial charge in [0.25, 0.3) is 0 Å². The van der Waals surface area contributed by atoms with Gasteiger partial charge >= 0.3 is 11.9 Å². The second-order valence-corrected chi connectivity index (χ2v) is 10.6. The van der Waals surface area contributed by atoms with Crippen LogP contribution in [0.15, 0.2) is 30.3 Å². The number of hydrogen-bond donors (Lipinski definition) is 1. The molecule has 0 saturated carbocycles. The Balaban J connectivity index is 3.50. The summed E-state index contributed by atoms with van der Waals surface area (Å²) in [5.74, 6) is -2.37. The highest BCUT2D eigenvalue weighted by atomic mass is 16.5. The van der Waals surface area contributed by atoms with Crippen molar-refractivity contribution in [1.29, 1.82) is 0 Å². The van der Waals surface area contributed by atoms with Gasteiger partial charge in [0.15, 0.2) is 0 Å². The summed E-state index contributed by atoms with van der Waals surface area (Å²) in [6.07, 6.45) is 0.749. The number of hydrogen-bond acceptors (Lipinski definition) is 3. The molecule has 4 heteroatoms. The molecule has 0 bridgehead atoms. The number of esters is 1. The van der Waals surface area contributed by atoms with Gasteiger partial charge in [-0.25, -0.2) is 0 Å². The van der Waals surface area contributed by atoms with Gasteiger partial charge in [0, 0.05) is 0 Å². The minimum absolute atomic E-state index is 0.187. The van der Waals surface area contributed by atoms with Crippen LogP contribution < -0.4 is 0 Å². The maximum Gasteiger partial charge on any atom is 0.313 e. The average molecular weight is 391 g/mol. The van der Waals surface area contributed by atoms with Crippen LogP contribution in [0.4, 0.5) is 0 Å². The van der Waals surface area contributed by atoms with Crippen LogP contribution in [0, 0.1) is 28.1 Å². The topological polar surface area (TPSA) is 63.6 Å². The van der Waals surface area contributed by atoms with Crippen LogP contribution in [-0.4, -0.2) is 23.7 Å². The number of aliphatic carboxylic acids is 1. The Morgan fingerprint density at radius 3 is 1.89 bits per heavy atom. The lowest BCUT2D eigenvalue weighted by atomic mass is 9.60. The Labute approximate surface area is 170 Å². The number of carboxylic acid groups (broad SMARTS) is 1. The molecule has 0 heterocycles. The molecule has 1 aromatic carbocycles. The minimum Gasteiger partial charge on any atom is -0.481 e. The number of carbonyl (C=O) groups is 2. The van der Waals surface area contributed by atoms with E-state index in [1.165, 1.54) is 0 Å². The number of carbonyl (C=O) groups excluding carboxylic acids is 1. The fourth-order valence-corrected chi connectivity index (χ4v) is 3.63. The van der Waals surface area contributed by atoms with Crippen LogP contribution in [0.25, 0.3) is 0 Å². The molecule has 0 aliphatic heterocycles. The highest BCUT2D eigenvalue weighted by Crippen LogP contribution is 2.46. The van der Waals surface area contributed by atoms with E-state index < -0.39 is 23.3 Å². The molecule has 0 fully saturated rings. The standard InChI is InChI=1S/C24H38O4/c1-17(2)24(14-18-12-10-9-11-13-18,21(27)28-16-23(6,7)8)19(20(25)26)15-22(3,4)5/h9-13,17,19H,14-16H2,1-8H3,(H,25,26). The normalized spacial score (nSPS) is 15.8. The van der Waals surface area contributed by atoms with E-state index in [9.17, 15) is 14.7 Å². The quantitative estimate of drug-likeness (QED) is 0.587. The molecule has 28 heavy (non-hydrogen) atoms. The minimum atomic E-state index is -1.13. The summed E-state index contributed by atoms with van der Waals surface area (Å²) < 4.78 is 5.75. The van der Waals surface area contributed by atoms with E-state index in [2.05, 4.69) is 0 Å². The smallest absolute Gasteiger partial charge is 0.313 e. The maximum absolute atomic E-state index is 13.5. The zero-order valence-corrected chi connectivity index (χ0v) is 18.8. The summed E-state index contributed by atoms with van der Waals surface area (Å²) in [7, 11) is 0. The van der Waals surface area contributed by atoms with Crippen molar-refractivity contribution >= 4 is 11.9 Å². The molecule has 0 saturated heterocycles. The van der Waals surface area contributed by atoms with E-state index >= 15 is 0 Å². The molecular weight excluding hydrogens is 352 g/mol. The Hall–Kier alpha value is -1.84. The first-order chi connectivity index (χ1) is 12.7. The van der Waals surface area contributed by atoms with Crippen molar-refractivity contribution in [2.45, 2.75) is 68.2 Å². The van der Waals surface area contributed by atoms with E-state index in [1.54, 1.807) is 0 Å². The molecule has 4 nitrogen and oxygen atoms in total. The van der Waals surface area contributed by atoms with Crippen molar-refractivity contribution in [2.75, 3.05) is 6.61 Å². The Kier molecular flexibility index (Phi) is 7.87. The van der Waals surface area contributed by atoms with Crippen LogP contribution in [0.2, 0.25) is 0 Å². The highest BCUT2D eigenvalue weighted by molar-refractivity contribution is 5.85. The fraction of sp³-hybridized carbons (Fsp3) is 0.667. The third-order valence-electron chi connectivity index (χ3n) is 5.12. The van der Waals surface area contributed by atoms with Crippen LogP contribution in [0.1, 0.15) is 67.4 Å². The predicted molar refractivity (Wildman–Crippen MR) is 113 cm³/mol. The molecule has 0 spiro atoms. The summed E-state index contributed by atoms with van der Waals surface area (Å²) in [5.41, 5.74) is -0.604. The van der Waals surface area contributed by atoms with E-state index in [0.29, 0.717) is 12.8 Å². The Bertz CT molecular complexity index is 649. The lowest BCUT2D eigenvalue weighted by Gasteiger charge is -2.42. The molecule has 2 unspecified atom stereocenters. The van der Waals surface area contributed by atoms with Gasteiger partial charge in [-0.05, 0) is 35.2 Å². The molecule has 2 atom stereocenters. The summed E-state index contributed by atoms with van der Waals surface area (Å²) in [4.78, 5) is 25.9. The van der Waals surface area contributed by atoms with E-state index in [-0.39, 0.29) is 23.4 Å². The molecule has 1 aromatic rings. The fourth-order valence-electron chi connectivity index (χ4n) is 3.63. The van der Waals surface area contributed by atoms with Crippen molar-refractivity contribution in [3.8, 4) is 0 Å². The molecule has 0 amide bonds. The van der Waals surface area contributed by atoms with Crippen molar-refractivity contribution in [3.63, 3.8) is 0 Å². The molecule has 158 valence electrons. The zero-order chi connectivity index (χ0) is 21.8. The number of benzene rings is 1. The largest absolute Gasteiger partial charge is 0.481 e. The number of carboxylic acids is 1. The van der Waals surface area contributed by atoms with E-state index in [0.717, 1.165) is 5.56 Å². The van der Waals surface area contributed by atoms with Crippen LogP contribution in [0.3, 0.4) is 0 Å². The van der Waals surface area contributed by atoms with Gasteiger partial charge in [0.05, 0.1) is 17.9 Å². The van der Waals surface area contributed by atoms with Crippen LogP contribution in [-0.2, 0) is 20.7 Å². The Morgan fingerprint density at radius 2 is 1.50 bits per heavy atom. The first-order valence-electron chi connectivity index (χ1n) is 10.1. The summed E-state index contributed by atoms with van der Waals surface area (Å²) in [5, 5.41) is 10.2. The summed E-state index contributed by atoms with van der Waals surface area (Å²) in [6.45, 7) is 16.1. The summed E-state index contributed by atoms with van der Waals surface area (Å²) in [6, 6.07) is 9.65. The van der Waals surface area contributed by atoms with Gasteiger partial charge in [-0.15, -0.1) is 0 Å².